The first-order chi connectivity index (χ1) is 12.7. The number of thiol groups is 1. The lowest BCUT2D eigenvalue weighted by molar-refractivity contribution is 0.468. The maximum Gasteiger partial charge on any atom is 0.165 e. The molecule has 0 saturated heterocycles. The van der Waals surface area contributed by atoms with Crippen LogP contribution >= 0.6 is 12.6 Å². The van der Waals surface area contributed by atoms with Crippen LogP contribution in [-0.2, 0) is 13.1 Å². The van der Waals surface area contributed by atoms with Gasteiger partial charge in [-0.3, -0.25) is 0 Å². The third kappa shape index (κ3) is 3.34. The number of anilines is 1. The Balaban J connectivity index is 1.59. The van der Waals surface area contributed by atoms with Gasteiger partial charge in [0.05, 0.1) is 12.9 Å². The summed E-state index contributed by atoms with van der Waals surface area (Å²) in [4.78, 5) is 13.9. The summed E-state index contributed by atoms with van der Waals surface area (Å²) in [5.74, 6) is 0.848. The minimum atomic E-state index is 0.218. The van der Waals surface area contributed by atoms with E-state index >= 15 is 0 Å². The third-order valence-electron chi connectivity index (χ3n) is 4.11. The Bertz CT molecular complexity index is 1050. The van der Waals surface area contributed by atoms with E-state index in [0.717, 1.165) is 16.1 Å². The summed E-state index contributed by atoms with van der Waals surface area (Å²) < 4.78 is 1.99. The molecule has 0 aliphatic carbocycles. The number of phenolic OH excluding ortho intramolecular Hbond substituents is 1. The van der Waals surface area contributed by atoms with Crippen LogP contribution in [0.1, 0.15) is 11.1 Å². The van der Waals surface area contributed by atoms with Crippen molar-refractivity contribution in [2.75, 3.05) is 5.32 Å². The zero-order valence-corrected chi connectivity index (χ0v) is 14.8. The first kappa shape index (κ1) is 16.4. The SMILES string of the molecule is Oc1ccc(S)cc1CNc1ncnc2c1ncn2Cc1ccccc1. The molecule has 2 heterocycles. The van der Waals surface area contributed by atoms with Crippen LogP contribution in [0.5, 0.6) is 5.75 Å². The number of nitrogens with zero attached hydrogens (tertiary/aromatic N) is 4. The van der Waals surface area contributed by atoms with E-state index in [-0.39, 0.29) is 5.75 Å². The fraction of sp³-hybridized carbons (Fsp3) is 0.105. The van der Waals surface area contributed by atoms with Gasteiger partial charge in [-0.2, -0.15) is 0 Å². The Morgan fingerprint density at radius 3 is 2.73 bits per heavy atom. The Morgan fingerprint density at radius 1 is 1.04 bits per heavy atom. The van der Waals surface area contributed by atoms with Gasteiger partial charge in [0.15, 0.2) is 11.5 Å². The highest BCUT2D eigenvalue weighted by Crippen LogP contribution is 2.23. The molecule has 0 amide bonds. The van der Waals surface area contributed by atoms with Crippen molar-refractivity contribution < 1.29 is 5.11 Å². The number of imidazole rings is 1. The van der Waals surface area contributed by atoms with Gasteiger partial charge in [0, 0.05) is 17.0 Å². The average Bonchev–Trinajstić information content (AvgIpc) is 3.07. The molecule has 0 radical (unpaired) electrons. The van der Waals surface area contributed by atoms with Gasteiger partial charge < -0.3 is 15.0 Å². The number of fused-ring (bicyclic) bond motifs is 1. The largest absolute Gasteiger partial charge is 0.508 e. The Kier molecular flexibility index (Phi) is 4.45. The fourth-order valence-corrected chi connectivity index (χ4v) is 3.03. The number of hydrogen-bond donors (Lipinski definition) is 3. The first-order valence-electron chi connectivity index (χ1n) is 8.15. The summed E-state index contributed by atoms with van der Waals surface area (Å²) in [5.41, 5.74) is 3.38. The van der Waals surface area contributed by atoms with Crippen LogP contribution in [0, 0.1) is 0 Å². The topological polar surface area (TPSA) is 75.9 Å². The second kappa shape index (κ2) is 7.05. The molecule has 0 bridgehead atoms. The zero-order chi connectivity index (χ0) is 17.9. The van der Waals surface area contributed by atoms with Gasteiger partial charge in [0.1, 0.15) is 17.6 Å². The van der Waals surface area contributed by atoms with E-state index < -0.39 is 0 Å². The van der Waals surface area contributed by atoms with Gasteiger partial charge in [-0.05, 0) is 23.8 Å². The lowest BCUT2D eigenvalue weighted by Gasteiger charge is -2.09. The van der Waals surface area contributed by atoms with E-state index in [1.165, 1.54) is 11.9 Å². The van der Waals surface area contributed by atoms with Crippen molar-refractivity contribution in [3.05, 3.63) is 72.3 Å². The van der Waals surface area contributed by atoms with Crippen LogP contribution < -0.4 is 5.32 Å². The minimum Gasteiger partial charge on any atom is -0.508 e. The van der Waals surface area contributed by atoms with E-state index in [4.69, 9.17) is 0 Å². The van der Waals surface area contributed by atoms with Crippen LogP contribution in [0.25, 0.3) is 11.2 Å². The highest BCUT2D eigenvalue weighted by molar-refractivity contribution is 7.80. The van der Waals surface area contributed by atoms with Crippen LogP contribution in [0.15, 0.2) is 66.1 Å². The van der Waals surface area contributed by atoms with E-state index in [0.29, 0.717) is 24.4 Å². The predicted octanol–water partition coefficient (Wildman–Crippen LogP) is 3.48. The van der Waals surface area contributed by atoms with Crippen molar-refractivity contribution in [3.8, 4) is 5.75 Å². The van der Waals surface area contributed by atoms with Crippen molar-refractivity contribution in [2.24, 2.45) is 0 Å². The summed E-state index contributed by atoms with van der Waals surface area (Å²) in [6.45, 7) is 1.11. The quantitative estimate of drug-likeness (QED) is 0.473. The number of benzene rings is 2. The molecule has 0 aliphatic rings. The molecule has 6 nitrogen and oxygen atoms in total. The molecule has 4 aromatic rings. The number of aromatic hydroxyl groups is 1. The molecular weight excluding hydrogens is 346 g/mol. The fourth-order valence-electron chi connectivity index (χ4n) is 2.80. The number of phenols is 1. The molecule has 130 valence electrons. The van der Waals surface area contributed by atoms with Crippen LogP contribution in [0.4, 0.5) is 5.82 Å². The van der Waals surface area contributed by atoms with Gasteiger partial charge >= 0.3 is 0 Å². The van der Waals surface area contributed by atoms with E-state index in [1.54, 1.807) is 18.5 Å². The molecule has 2 N–H and O–H groups in total. The summed E-state index contributed by atoms with van der Waals surface area (Å²) in [5, 5.41) is 13.2. The van der Waals surface area contributed by atoms with Crippen LogP contribution in [-0.4, -0.2) is 24.6 Å². The summed E-state index contributed by atoms with van der Waals surface area (Å²) >= 11 is 4.31. The molecule has 0 aliphatic heterocycles. The number of aromatic nitrogens is 4. The van der Waals surface area contributed by atoms with Gasteiger partial charge in [-0.25, -0.2) is 15.0 Å². The number of nitrogens with one attached hydrogen (secondary N) is 1. The van der Waals surface area contributed by atoms with Crippen molar-refractivity contribution in [1.82, 2.24) is 19.5 Å². The van der Waals surface area contributed by atoms with Crippen molar-refractivity contribution in [1.29, 1.82) is 0 Å². The lowest BCUT2D eigenvalue weighted by atomic mass is 10.2. The van der Waals surface area contributed by atoms with Crippen molar-refractivity contribution >= 4 is 29.6 Å². The zero-order valence-electron chi connectivity index (χ0n) is 13.9. The van der Waals surface area contributed by atoms with Gasteiger partial charge in [-0.15, -0.1) is 12.6 Å². The summed E-state index contributed by atoms with van der Waals surface area (Å²) in [6.07, 6.45) is 3.28. The Hall–Kier alpha value is -3.06. The molecule has 2 aromatic heterocycles. The second-order valence-electron chi connectivity index (χ2n) is 5.92. The van der Waals surface area contributed by atoms with Gasteiger partial charge in [0.2, 0.25) is 0 Å². The standard InChI is InChI=1S/C19H17N5OS/c25-16-7-6-15(26)8-14(16)9-20-18-17-19(22-11-21-18)24(12-23-17)10-13-4-2-1-3-5-13/h1-8,11-12,25-26H,9-10H2,(H,20,21,22). The molecule has 26 heavy (non-hydrogen) atoms. The maximum atomic E-state index is 9.97. The summed E-state index contributed by atoms with van der Waals surface area (Å²) in [7, 11) is 0. The molecule has 0 saturated carbocycles. The highest BCUT2D eigenvalue weighted by Gasteiger charge is 2.11. The van der Waals surface area contributed by atoms with Crippen LogP contribution in [0.3, 0.4) is 0 Å². The van der Waals surface area contributed by atoms with Crippen LogP contribution in [0.2, 0.25) is 0 Å². The highest BCUT2D eigenvalue weighted by atomic mass is 32.1. The molecule has 7 heteroatoms. The summed E-state index contributed by atoms with van der Waals surface area (Å²) in [6, 6.07) is 15.3. The molecule has 0 atom stereocenters. The first-order valence-corrected chi connectivity index (χ1v) is 8.60. The molecule has 4 rings (SSSR count). The molecular formula is C19H17N5OS. The lowest BCUT2D eigenvalue weighted by Crippen LogP contribution is -2.04. The monoisotopic (exact) mass is 363 g/mol. The molecule has 2 aromatic carbocycles. The van der Waals surface area contributed by atoms with Gasteiger partial charge in [0.25, 0.3) is 0 Å². The number of hydrogen-bond acceptors (Lipinski definition) is 6. The molecule has 0 spiro atoms. The number of rotatable bonds is 5. The molecule has 0 unspecified atom stereocenters. The normalized spacial score (nSPS) is 11.0. The van der Waals surface area contributed by atoms with E-state index in [1.807, 2.05) is 28.8 Å². The van der Waals surface area contributed by atoms with E-state index in [2.05, 4.69) is 45.0 Å². The molecule has 0 fully saturated rings. The third-order valence-corrected chi connectivity index (χ3v) is 4.38. The Labute approximate surface area is 156 Å². The Morgan fingerprint density at radius 2 is 1.88 bits per heavy atom. The van der Waals surface area contributed by atoms with Crippen molar-refractivity contribution in [3.63, 3.8) is 0 Å². The predicted molar refractivity (Wildman–Crippen MR) is 104 cm³/mol. The van der Waals surface area contributed by atoms with Gasteiger partial charge in [-0.1, -0.05) is 30.3 Å². The van der Waals surface area contributed by atoms with E-state index in [9.17, 15) is 5.11 Å². The average molecular weight is 363 g/mol. The van der Waals surface area contributed by atoms with Crippen molar-refractivity contribution in [2.45, 2.75) is 18.0 Å². The second-order valence-corrected chi connectivity index (χ2v) is 6.44. The minimum absolute atomic E-state index is 0.218. The maximum absolute atomic E-state index is 9.97. The smallest absolute Gasteiger partial charge is 0.165 e.